The average Bonchev–Trinajstić information content (AvgIpc) is 2.55. The Labute approximate surface area is 124 Å². The molecule has 3 aromatic rings. The smallest absolute Gasteiger partial charge is 0.123 e. The maximum absolute atomic E-state index is 13.2. The second-order valence-electron chi connectivity index (χ2n) is 4.91. The lowest BCUT2D eigenvalue weighted by Crippen LogP contribution is -2.12. The molecule has 0 heterocycles. The van der Waals surface area contributed by atoms with Gasteiger partial charge in [0.2, 0.25) is 0 Å². The summed E-state index contributed by atoms with van der Waals surface area (Å²) >= 11 is 0. The number of anilines is 1. The molecule has 1 unspecified atom stereocenters. The molecule has 0 spiro atoms. The Balaban J connectivity index is 1.97. The minimum atomic E-state index is -0.217. The molecular weight excluding hydrogens is 261 g/mol. The summed E-state index contributed by atoms with van der Waals surface area (Å²) < 4.78 is 13.2. The zero-order valence-corrected chi connectivity index (χ0v) is 11.5. The van der Waals surface area contributed by atoms with Crippen LogP contribution >= 0.6 is 0 Å². The van der Waals surface area contributed by atoms with Crippen LogP contribution in [0.2, 0.25) is 0 Å². The molecule has 0 aliphatic carbocycles. The molecule has 0 radical (unpaired) electrons. The molecule has 0 amide bonds. The highest BCUT2D eigenvalue weighted by Crippen LogP contribution is 2.26. The van der Waals surface area contributed by atoms with Crippen LogP contribution in [0, 0.1) is 5.82 Å². The van der Waals surface area contributed by atoms with Gasteiger partial charge in [-0.25, -0.2) is 4.39 Å². The maximum atomic E-state index is 13.2. The SMILES string of the molecule is Fc1ccc(C(Nc2ccccc2)c2ccccc2)cc1. The minimum Gasteiger partial charge on any atom is -0.374 e. The highest BCUT2D eigenvalue weighted by molar-refractivity contribution is 5.49. The Bertz CT molecular complexity index is 678. The number of halogens is 1. The van der Waals surface area contributed by atoms with E-state index in [0.717, 1.165) is 16.8 Å². The molecule has 1 nitrogen and oxygen atoms in total. The molecule has 1 atom stereocenters. The van der Waals surface area contributed by atoms with E-state index in [2.05, 4.69) is 17.4 Å². The van der Waals surface area contributed by atoms with Gasteiger partial charge in [-0.1, -0.05) is 60.7 Å². The van der Waals surface area contributed by atoms with Crippen LogP contribution in [-0.4, -0.2) is 0 Å². The average molecular weight is 277 g/mol. The molecule has 21 heavy (non-hydrogen) atoms. The fourth-order valence-electron chi connectivity index (χ4n) is 2.36. The quantitative estimate of drug-likeness (QED) is 0.705. The van der Waals surface area contributed by atoms with E-state index < -0.39 is 0 Å². The molecule has 0 saturated carbocycles. The molecule has 0 fully saturated rings. The molecular formula is C19H16FN. The number of rotatable bonds is 4. The predicted octanol–water partition coefficient (Wildman–Crippen LogP) is 5.03. The summed E-state index contributed by atoms with van der Waals surface area (Å²) in [6, 6.07) is 26.8. The Kier molecular flexibility index (Phi) is 3.97. The minimum absolute atomic E-state index is 0.00537. The number of hydrogen-bond acceptors (Lipinski definition) is 1. The molecule has 0 aromatic heterocycles. The van der Waals surface area contributed by atoms with Gasteiger partial charge in [0.25, 0.3) is 0 Å². The van der Waals surface area contributed by atoms with E-state index in [4.69, 9.17) is 0 Å². The monoisotopic (exact) mass is 277 g/mol. The van der Waals surface area contributed by atoms with Crippen LogP contribution in [0.5, 0.6) is 0 Å². The van der Waals surface area contributed by atoms with Gasteiger partial charge in [0, 0.05) is 5.69 Å². The van der Waals surface area contributed by atoms with Crippen molar-refractivity contribution < 1.29 is 4.39 Å². The van der Waals surface area contributed by atoms with Gasteiger partial charge in [0.05, 0.1) is 6.04 Å². The van der Waals surface area contributed by atoms with E-state index in [1.54, 1.807) is 0 Å². The number of nitrogens with one attached hydrogen (secondary N) is 1. The molecule has 3 rings (SSSR count). The van der Waals surface area contributed by atoms with Crippen LogP contribution in [0.3, 0.4) is 0 Å². The van der Waals surface area contributed by atoms with Crippen LogP contribution in [0.4, 0.5) is 10.1 Å². The summed E-state index contributed by atoms with van der Waals surface area (Å²) in [7, 11) is 0. The van der Waals surface area contributed by atoms with E-state index in [1.807, 2.05) is 60.7 Å². The van der Waals surface area contributed by atoms with Crippen molar-refractivity contribution in [2.75, 3.05) is 5.32 Å². The fourth-order valence-corrected chi connectivity index (χ4v) is 2.36. The van der Waals surface area contributed by atoms with Gasteiger partial charge < -0.3 is 5.32 Å². The lowest BCUT2D eigenvalue weighted by molar-refractivity contribution is 0.626. The zero-order chi connectivity index (χ0) is 14.5. The third kappa shape index (κ3) is 3.29. The fraction of sp³-hybridized carbons (Fsp3) is 0.0526. The lowest BCUT2D eigenvalue weighted by atomic mass is 9.98. The van der Waals surface area contributed by atoms with Crippen molar-refractivity contribution in [1.29, 1.82) is 0 Å². The Morgan fingerprint density at radius 2 is 1.14 bits per heavy atom. The normalized spacial score (nSPS) is 11.9. The van der Waals surface area contributed by atoms with Crippen molar-refractivity contribution >= 4 is 5.69 Å². The summed E-state index contributed by atoms with van der Waals surface area (Å²) in [4.78, 5) is 0. The lowest BCUT2D eigenvalue weighted by Gasteiger charge is -2.21. The Morgan fingerprint density at radius 1 is 0.619 bits per heavy atom. The third-order valence-electron chi connectivity index (χ3n) is 3.42. The van der Waals surface area contributed by atoms with Crippen LogP contribution in [-0.2, 0) is 0 Å². The predicted molar refractivity (Wildman–Crippen MR) is 84.7 cm³/mol. The Hall–Kier alpha value is -2.61. The van der Waals surface area contributed by atoms with Crippen LogP contribution in [0.25, 0.3) is 0 Å². The zero-order valence-electron chi connectivity index (χ0n) is 11.5. The summed E-state index contributed by atoms with van der Waals surface area (Å²) in [6.45, 7) is 0. The number of para-hydroxylation sites is 1. The van der Waals surface area contributed by atoms with Gasteiger partial charge in [-0.3, -0.25) is 0 Å². The third-order valence-corrected chi connectivity index (χ3v) is 3.42. The van der Waals surface area contributed by atoms with Gasteiger partial charge in [0.15, 0.2) is 0 Å². The van der Waals surface area contributed by atoms with Gasteiger partial charge in [-0.15, -0.1) is 0 Å². The van der Waals surface area contributed by atoms with Crippen LogP contribution in [0.15, 0.2) is 84.9 Å². The molecule has 0 saturated heterocycles. The highest BCUT2D eigenvalue weighted by atomic mass is 19.1. The molecule has 3 aromatic carbocycles. The summed E-state index contributed by atoms with van der Waals surface area (Å²) in [5.41, 5.74) is 3.22. The van der Waals surface area contributed by atoms with Crippen molar-refractivity contribution in [3.8, 4) is 0 Å². The molecule has 0 bridgehead atoms. The standard InChI is InChI=1S/C19H16FN/c20-17-13-11-16(12-14-17)19(15-7-3-1-4-8-15)21-18-9-5-2-6-10-18/h1-14,19,21H. The summed E-state index contributed by atoms with van der Waals surface area (Å²) in [6.07, 6.45) is 0. The van der Waals surface area contributed by atoms with Crippen molar-refractivity contribution in [2.24, 2.45) is 0 Å². The van der Waals surface area contributed by atoms with Crippen molar-refractivity contribution in [3.05, 3.63) is 102 Å². The largest absolute Gasteiger partial charge is 0.374 e. The van der Waals surface area contributed by atoms with Crippen molar-refractivity contribution in [3.63, 3.8) is 0 Å². The van der Waals surface area contributed by atoms with E-state index >= 15 is 0 Å². The first-order chi connectivity index (χ1) is 10.3. The van der Waals surface area contributed by atoms with Gasteiger partial charge in [-0.2, -0.15) is 0 Å². The first-order valence-corrected chi connectivity index (χ1v) is 6.95. The maximum Gasteiger partial charge on any atom is 0.123 e. The van der Waals surface area contributed by atoms with E-state index in [0.29, 0.717) is 0 Å². The Morgan fingerprint density at radius 3 is 1.76 bits per heavy atom. The highest BCUT2D eigenvalue weighted by Gasteiger charge is 2.13. The second kappa shape index (κ2) is 6.23. The van der Waals surface area contributed by atoms with Gasteiger partial charge in [-0.05, 0) is 35.4 Å². The van der Waals surface area contributed by atoms with E-state index in [1.165, 1.54) is 12.1 Å². The molecule has 0 aliphatic heterocycles. The molecule has 104 valence electrons. The van der Waals surface area contributed by atoms with Crippen molar-refractivity contribution in [2.45, 2.75) is 6.04 Å². The summed E-state index contributed by atoms with van der Waals surface area (Å²) in [5, 5.41) is 3.51. The van der Waals surface area contributed by atoms with Crippen LogP contribution in [0.1, 0.15) is 17.2 Å². The molecule has 0 aliphatic rings. The topological polar surface area (TPSA) is 12.0 Å². The van der Waals surface area contributed by atoms with Crippen molar-refractivity contribution in [1.82, 2.24) is 0 Å². The van der Waals surface area contributed by atoms with E-state index in [9.17, 15) is 4.39 Å². The van der Waals surface area contributed by atoms with Gasteiger partial charge >= 0.3 is 0 Å². The molecule has 1 N–H and O–H groups in total. The van der Waals surface area contributed by atoms with Gasteiger partial charge in [0.1, 0.15) is 5.82 Å². The first kappa shape index (κ1) is 13.4. The second-order valence-corrected chi connectivity index (χ2v) is 4.91. The number of benzene rings is 3. The first-order valence-electron chi connectivity index (χ1n) is 6.95. The van der Waals surface area contributed by atoms with Crippen LogP contribution < -0.4 is 5.32 Å². The number of hydrogen-bond donors (Lipinski definition) is 1. The molecule has 2 heteroatoms. The van der Waals surface area contributed by atoms with E-state index in [-0.39, 0.29) is 11.9 Å². The summed E-state index contributed by atoms with van der Waals surface area (Å²) in [5.74, 6) is -0.217.